The quantitative estimate of drug-likeness (QED) is 0.794. The van der Waals surface area contributed by atoms with E-state index in [9.17, 15) is 4.79 Å². The lowest BCUT2D eigenvalue weighted by Gasteiger charge is -2.05. The molecule has 0 aliphatic rings. The van der Waals surface area contributed by atoms with Crippen molar-refractivity contribution >= 4 is 17.5 Å². The average Bonchev–Trinajstić information content (AvgIpc) is 3.02. The first-order chi connectivity index (χ1) is 11.1. The molecule has 1 N–H and O–H groups in total. The van der Waals surface area contributed by atoms with E-state index in [1.54, 1.807) is 18.2 Å². The molecule has 3 rings (SSSR count). The predicted octanol–water partition coefficient (Wildman–Crippen LogP) is 3.63. The molecule has 0 aliphatic heterocycles. The topological polar surface area (TPSA) is 68.0 Å². The van der Waals surface area contributed by atoms with Gasteiger partial charge in [0.2, 0.25) is 0 Å². The molecule has 0 aliphatic carbocycles. The smallest absolute Gasteiger partial charge is 0.258 e. The average molecular weight is 328 g/mol. The normalized spacial score (nSPS) is 10.5. The third-order valence-corrected chi connectivity index (χ3v) is 3.57. The molecule has 1 heterocycles. The molecule has 1 aromatic heterocycles. The summed E-state index contributed by atoms with van der Waals surface area (Å²) in [6.45, 7) is 2.08. The fraction of sp³-hybridized carbons (Fsp3) is 0.118. The fourth-order valence-electron chi connectivity index (χ4n) is 2.15. The van der Waals surface area contributed by atoms with Gasteiger partial charge in [0.15, 0.2) is 5.82 Å². The van der Waals surface area contributed by atoms with Crippen LogP contribution >= 0.6 is 11.6 Å². The molecule has 23 heavy (non-hydrogen) atoms. The number of benzene rings is 2. The van der Waals surface area contributed by atoms with Crippen LogP contribution in [0.5, 0.6) is 0 Å². The zero-order valence-corrected chi connectivity index (χ0v) is 13.2. The summed E-state index contributed by atoms with van der Waals surface area (Å²) in [5.74, 6) is 0.603. The van der Waals surface area contributed by atoms with E-state index >= 15 is 0 Å². The number of nitrogens with one attached hydrogen (secondary N) is 1. The molecule has 0 fully saturated rings. The summed E-state index contributed by atoms with van der Waals surface area (Å²) >= 11 is 5.94. The molecule has 1 amide bonds. The molecule has 0 saturated carbocycles. The van der Waals surface area contributed by atoms with Crippen molar-refractivity contribution in [2.24, 2.45) is 0 Å². The predicted molar refractivity (Wildman–Crippen MR) is 87.1 cm³/mol. The fourth-order valence-corrected chi connectivity index (χ4v) is 2.34. The van der Waals surface area contributed by atoms with Gasteiger partial charge in [-0.3, -0.25) is 4.79 Å². The number of hydrogen-bond acceptors (Lipinski definition) is 4. The summed E-state index contributed by atoms with van der Waals surface area (Å²) in [7, 11) is 0. The Hall–Kier alpha value is -2.66. The van der Waals surface area contributed by atoms with Crippen molar-refractivity contribution in [3.63, 3.8) is 0 Å². The van der Waals surface area contributed by atoms with Crippen molar-refractivity contribution in [1.82, 2.24) is 15.5 Å². The molecular formula is C17H14ClN3O2. The Balaban J connectivity index is 1.68. The van der Waals surface area contributed by atoms with Crippen LogP contribution in [0.1, 0.15) is 21.7 Å². The van der Waals surface area contributed by atoms with Crippen LogP contribution in [0.15, 0.2) is 53.1 Å². The van der Waals surface area contributed by atoms with Crippen LogP contribution in [-0.4, -0.2) is 16.0 Å². The third-order valence-electron chi connectivity index (χ3n) is 3.34. The molecule has 0 saturated heterocycles. The second kappa shape index (κ2) is 6.62. The van der Waals surface area contributed by atoms with E-state index in [1.807, 2.05) is 37.3 Å². The molecule has 0 bridgehead atoms. The molecule has 0 unspecified atom stereocenters. The van der Waals surface area contributed by atoms with Crippen molar-refractivity contribution in [3.8, 4) is 11.5 Å². The number of halogens is 1. The number of amides is 1. The second-order valence-electron chi connectivity index (χ2n) is 5.02. The van der Waals surface area contributed by atoms with Crippen molar-refractivity contribution in [2.75, 3.05) is 0 Å². The van der Waals surface area contributed by atoms with Crippen LogP contribution in [0.3, 0.4) is 0 Å². The monoisotopic (exact) mass is 327 g/mol. The first-order valence-corrected chi connectivity index (χ1v) is 7.43. The molecule has 0 atom stereocenters. The lowest BCUT2D eigenvalue weighted by atomic mass is 10.1. The maximum absolute atomic E-state index is 12.1. The van der Waals surface area contributed by atoms with Crippen molar-refractivity contribution in [2.45, 2.75) is 13.5 Å². The minimum atomic E-state index is -0.169. The van der Waals surface area contributed by atoms with Gasteiger partial charge in [0.05, 0.1) is 6.54 Å². The van der Waals surface area contributed by atoms with Crippen LogP contribution in [0, 0.1) is 6.92 Å². The largest absolute Gasteiger partial charge is 0.345 e. The molecule has 0 spiro atoms. The first kappa shape index (κ1) is 15.2. The minimum Gasteiger partial charge on any atom is -0.345 e. The number of aryl methyl sites for hydroxylation is 1. The number of hydrogen-bond donors (Lipinski definition) is 1. The van der Waals surface area contributed by atoms with Crippen LogP contribution in [0.25, 0.3) is 11.5 Å². The van der Waals surface area contributed by atoms with E-state index in [4.69, 9.17) is 16.1 Å². The van der Waals surface area contributed by atoms with Gasteiger partial charge in [0, 0.05) is 16.1 Å². The van der Waals surface area contributed by atoms with E-state index in [0.717, 1.165) is 11.1 Å². The van der Waals surface area contributed by atoms with Gasteiger partial charge in [-0.25, -0.2) is 0 Å². The number of carbonyl (C=O) groups is 1. The van der Waals surface area contributed by atoms with Crippen LogP contribution < -0.4 is 5.32 Å². The number of aromatic nitrogens is 2. The lowest BCUT2D eigenvalue weighted by molar-refractivity contribution is 0.0949. The second-order valence-corrected chi connectivity index (χ2v) is 5.46. The Bertz CT molecular complexity index is 845. The zero-order chi connectivity index (χ0) is 16.2. The maximum Gasteiger partial charge on any atom is 0.258 e. The van der Waals surface area contributed by atoms with Gasteiger partial charge in [-0.1, -0.05) is 41.0 Å². The maximum atomic E-state index is 12.1. The van der Waals surface area contributed by atoms with E-state index in [2.05, 4.69) is 15.5 Å². The van der Waals surface area contributed by atoms with Gasteiger partial charge in [0.1, 0.15) is 0 Å². The highest BCUT2D eigenvalue weighted by Crippen LogP contribution is 2.20. The van der Waals surface area contributed by atoms with Crippen molar-refractivity contribution in [3.05, 3.63) is 70.5 Å². The van der Waals surface area contributed by atoms with Gasteiger partial charge >= 0.3 is 0 Å². The van der Waals surface area contributed by atoms with Crippen LogP contribution in [0.2, 0.25) is 5.02 Å². The van der Waals surface area contributed by atoms with E-state index < -0.39 is 0 Å². The Kier molecular flexibility index (Phi) is 4.39. The van der Waals surface area contributed by atoms with Gasteiger partial charge in [0.25, 0.3) is 11.8 Å². The summed E-state index contributed by atoms with van der Waals surface area (Å²) in [4.78, 5) is 16.4. The molecular weight excluding hydrogens is 314 g/mol. The standard InChI is InChI=1S/C17H14ClN3O2/c1-11-5-2-3-8-14(11)16(22)19-10-15-20-17(23-21-15)12-6-4-7-13(18)9-12/h2-9H,10H2,1H3,(H,19,22). The lowest BCUT2D eigenvalue weighted by Crippen LogP contribution is -2.24. The van der Waals surface area contributed by atoms with Gasteiger partial charge in [-0.2, -0.15) is 4.98 Å². The molecule has 6 heteroatoms. The number of carbonyl (C=O) groups excluding carboxylic acids is 1. The number of rotatable bonds is 4. The highest BCUT2D eigenvalue weighted by molar-refractivity contribution is 6.30. The Labute approximate surface area is 138 Å². The zero-order valence-electron chi connectivity index (χ0n) is 12.4. The Morgan fingerprint density at radius 1 is 1.22 bits per heavy atom. The van der Waals surface area contributed by atoms with E-state index in [1.165, 1.54) is 0 Å². The first-order valence-electron chi connectivity index (χ1n) is 7.06. The highest BCUT2D eigenvalue weighted by Gasteiger charge is 2.12. The number of nitrogens with zero attached hydrogens (tertiary/aromatic N) is 2. The summed E-state index contributed by atoms with van der Waals surface area (Å²) in [6.07, 6.45) is 0. The summed E-state index contributed by atoms with van der Waals surface area (Å²) in [5.41, 5.74) is 2.28. The van der Waals surface area contributed by atoms with Crippen LogP contribution in [-0.2, 0) is 6.54 Å². The Morgan fingerprint density at radius 3 is 2.83 bits per heavy atom. The van der Waals surface area contributed by atoms with E-state index in [0.29, 0.717) is 22.3 Å². The van der Waals surface area contributed by atoms with Crippen LogP contribution in [0.4, 0.5) is 0 Å². The molecule has 116 valence electrons. The molecule has 3 aromatic rings. The molecule has 0 radical (unpaired) electrons. The van der Waals surface area contributed by atoms with Gasteiger partial charge < -0.3 is 9.84 Å². The molecule has 2 aromatic carbocycles. The summed E-state index contributed by atoms with van der Waals surface area (Å²) < 4.78 is 5.20. The molecule has 5 nitrogen and oxygen atoms in total. The Morgan fingerprint density at radius 2 is 2.04 bits per heavy atom. The summed E-state index contributed by atoms with van der Waals surface area (Å²) in [6, 6.07) is 14.5. The van der Waals surface area contributed by atoms with Crippen molar-refractivity contribution in [1.29, 1.82) is 0 Å². The van der Waals surface area contributed by atoms with Gasteiger partial charge in [-0.05, 0) is 36.8 Å². The minimum absolute atomic E-state index is 0.169. The highest BCUT2D eigenvalue weighted by atomic mass is 35.5. The summed E-state index contributed by atoms with van der Waals surface area (Å²) in [5, 5.41) is 7.24. The van der Waals surface area contributed by atoms with Crippen molar-refractivity contribution < 1.29 is 9.32 Å². The van der Waals surface area contributed by atoms with Gasteiger partial charge in [-0.15, -0.1) is 0 Å². The SMILES string of the molecule is Cc1ccccc1C(=O)NCc1noc(-c2cccc(Cl)c2)n1. The van der Waals surface area contributed by atoms with E-state index in [-0.39, 0.29) is 12.5 Å². The third kappa shape index (κ3) is 3.57.